The van der Waals surface area contributed by atoms with E-state index in [1.54, 1.807) is 25.1 Å². The first kappa shape index (κ1) is 13.8. The lowest BCUT2D eigenvalue weighted by Crippen LogP contribution is -1.95. The zero-order valence-electron chi connectivity index (χ0n) is 10.7. The summed E-state index contributed by atoms with van der Waals surface area (Å²) in [6.07, 6.45) is -0.717. The molecule has 0 spiro atoms. The van der Waals surface area contributed by atoms with Crippen LogP contribution in [0.25, 0.3) is 0 Å². The Morgan fingerprint density at radius 2 is 1.89 bits per heavy atom. The number of halogens is 2. The minimum atomic E-state index is -0.717. The van der Waals surface area contributed by atoms with Gasteiger partial charge in [0.2, 0.25) is 0 Å². The SMILES string of the molecule is Cc1ccc(Cl)c(Oc2ccc([C@H](C)O)cc2F)c1. The molecule has 100 valence electrons. The topological polar surface area (TPSA) is 29.5 Å². The largest absolute Gasteiger partial charge is 0.453 e. The Bertz CT molecular complexity index is 597. The summed E-state index contributed by atoms with van der Waals surface area (Å²) < 4.78 is 19.3. The van der Waals surface area contributed by atoms with Gasteiger partial charge in [-0.2, -0.15) is 0 Å². The molecule has 0 radical (unpaired) electrons. The fourth-order valence-corrected chi connectivity index (χ4v) is 1.82. The molecule has 4 heteroatoms. The van der Waals surface area contributed by atoms with Crippen LogP contribution in [0, 0.1) is 12.7 Å². The normalized spacial score (nSPS) is 12.3. The number of hydrogen-bond donors (Lipinski definition) is 1. The molecule has 2 aromatic rings. The number of aryl methyl sites for hydroxylation is 1. The average molecular weight is 281 g/mol. The summed E-state index contributed by atoms with van der Waals surface area (Å²) in [6.45, 7) is 3.48. The van der Waals surface area contributed by atoms with E-state index >= 15 is 0 Å². The molecular weight excluding hydrogens is 267 g/mol. The lowest BCUT2D eigenvalue weighted by atomic mass is 10.1. The van der Waals surface area contributed by atoms with E-state index in [0.29, 0.717) is 16.3 Å². The number of aliphatic hydroxyl groups is 1. The second kappa shape index (κ2) is 5.59. The molecule has 0 aliphatic rings. The van der Waals surface area contributed by atoms with Gasteiger partial charge in [-0.15, -0.1) is 0 Å². The van der Waals surface area contributed by atoms with Crippen LogP contribution in [-0.2, 0) is 0 Å². The van der Waals surface area contributed by atoms with Crippen molar-refractivity contribution in [3.8, 4) is 11.5 Å². The minimum absolute atomic E-state index is 0.0805. The van der Waals surface area contributed by atoms with Crippen molar-refractivity contribution in [2.75, 3.05) is 0 Å². The van der Waals surface area contributed by atoms with Gasteiger partial charge in [0, 0.05) is 0 Å². The van der Waals surface area contributed by atoms with Crippen molar-refractivity contribution >= 4 is 11.6 Å². The van der Waals surface area contributed by atoms with Gasteiger partial charge in [-0.25, -0.2) is 4.39 Å². The second-order valence-corrected chi connectivity index (χ2v) is 4.81. The number of rotatable bonds is 3. The maximum absolute atomic E-state index is 13.8. The highest BCUT2D eigenvalue weighted by Gasteiger charge is 2.10. The maximum Gasteiger partial charge on any atom is 0.166 e. The highest BCUT2D eigenvalue weighted by molar-refractivity contribution is 6.32. The van der Waals surface area contributed by atoms with Crippen LogP contribution in [0.3, 0.4) is 0 Å². The van der Waals surface area contributed by atoms with Gasteiger partial charge < -0.3 is 9.84 Å². The summed E-state index contributed by atoms with van der Waals surface area (Å²) in [6, 6.07) is 9.65. The number of hydrogen-bond acceptors (Lipinski definition) is 2. The fraction of sp³-hybridized carbons (Fsp3) is 0.200. The maximum atomic E-state index is 13.8. The van der Waals surface area contributed by atoms with Gasteiger partial charge in [0.1, 0.15) is 5.75 Å². The molecule has 0 saturated heterocycles. The van der Waals surface area contributed by atoms with Crippen molar-refractivity contribution < 1.29 is 14.2 Å². The van der Waals surface area contributed by atoms with Crippen LogP contribution >= 0.6 is 11.6 Å². The standard InChI is InChI=1S/C15H14ClFO2/c1-9-3-5-12(16)15(7-9)19-14-6-4-11(10(2)18)8-13(14)17/h3-8,10,18H,1-2H3/t10-/m0/s1. The zero-order valence-corrected chi connectivity index (χ0v) is 11.4. The Morgan fingerprint density at radius 1 is 1.16 bits per heavy atom. The van der Waals surface area contributed by atoms with Gasteiger partial charge in [-0.05, 0) is 49.2 Å². The van der Waals surface area contributed by atoms with Crippen molar-refractivity contribution in [3.63, 3.8) is 0 Å². The molecule has 0 aliphatic heterocycles. The average Bonchev–Trinajstić information content (AvgIpc) is 2.36. The van der Waals surface area contributed by atoms with Crippen molar-refractivity contribution in [1.82, 2.24) is 0 Å². The summed E-state index contributed by atoms with van der Waals surface area (Å²) in [5.74, 6) is -0.0433. The zero-order chi connectivity index (χ0) is 14.0. The third kappa shape index (κ3) is 3.25. The molecule has 0 aromatic heterocycles. The van der Waals surface area contributed by atoms with E-state index in [4.69, 9.17) is 16.3 Å². The fourth-order valence-electron chi connectivity index (χ4n) is 1.67. The van der Waals surface area contributed by atoms with Gasteiger partial charge in [0.15, 0.2) is 11.6 Å². The van der Waals surface area contributed by atoms with Gasteiger partial charge in [0.05, 0.1) is 11.1 Å². The molecule has 2 nitrogen and oxygen atoms in total. The van der Waals surface area contributed by atoms with E-state index in [0.717, 1.165) is 5.56 Å². The van der Waals surface area contributed by atoms with Crippen LogP contribution in [-0.4, -0.2) is 5.11 Å². The lowest BCUT2D eigenvalue weighted by Gasteiger charge is -2.11. The Balaban J connectivity index is 2.31. The first-order valence-electron chi connectivity index (χ1n) is 5.89. The van der Waals surface area contributed by atoms with E-state index in [2.05, 4.69) is 0 Å². The third-order valence-electron chi connectivity index (χ3n) is 2.74. The predicted molar refractivity (Wildman–Crippen MR) is 73.3 cm³/mol. The van der Waals surface area contributed by atoms with Crippen LogP contribution in [0.5, 0.6) is 11.5 Å². The monoisotopic (exact) mass is 280 g/mol. The van der Waals surface area contributed by atoms with E-state index in [9.17, 15) is 9.50 Å². The Hall–Kier alpha value is -1.58. The summed E-state index contributed by atoms with van der Waals surface area (Å²) in [5, 5.41) is 9.80. The van der Waals surface area contributed by atoms with E-state index in [-0.39, 0.29) is 5.75 Å². The molecule has 1 N–H and O–H groups in total. The Labute approximate surface area is 116 Å². The highest BCUT2D eigenvalue weighted by atomic mass is 35.5. The van der Waals surface area contributed by atoms with E-state index < -0.39 is 11.9 Å². The first-order chi connectivity index (χ1) is 8.97. The summed E-state index contributed by atoms with van der Waals surface area (Å²) >= 11 is 5.99. The van der Waals surface area contributed by atoms with Crippen molar-refractivity contribution in [3.05, 3.63) is 58.4 Å². The van der Waals surface area contributed by atoms with E-state index in [1.165, 1.54) is 12.1 Å². The van der Waals surface area contributed by atoms with E-state index in [1.807, 2.05) is 13.0 Å². The summed E-state index contributed by atoms with van der Waals surface area (Å²) in [5.41, 5.74) is 1.47. The van der Waals surface area contributed by atoms with Crippen LogP contribution in [0.2, 0.25) is 5.02 Å². The highest BCUT2D eigenvalue weighted by Crippen LogP contribution is 2.32. The molecule has 1 atom stereocenters. The second-order valence-electron chi connectivity index (χ2n) is 4.40. The summed E-state index contributed by atoms with van der Waals surface area (Å²) in [4.78, 5) is 0. The molecule has 2 rings (SSSR count). The smallest absolute Gasteiger partial charge is 0.166 e. The molecule has 0 saturated carbocycles. The Morgan fingerprint density at radius 3 is 2.53 bits per heavy atom. The minimum Gasteiger partial charge on any atom is -0.453 e. The van der Waals surface area contributed by atoms with Crippen LogP contribution in [0.15, 0.2) is 36.4 Å². The number of aliphatic hydroxyl groups excluding tert-OH is 1. The van der Waals surface area contributed by atoms with Crippen molar-refractivity contribution in [2.45, 2.75) is 20.0 Å². The molecule has 2 aromatic carbocycles. The number of benzene rings is 2. The van der Waals surface area contributed by atoms with Crippen LogP contribution in [0.1, 0.15) is 24.2 Å². The molecule has 0 fully saturated rings. The third-order valence-corrected chi connectivity index (χ3v) is 3.06. The molecule has 0 unspecified atom stereocenters. The lowest BCUT2D eigenvalue weighted by molar-refractivity contribution is 0.198. The predicted octanol–water partition coefficient (Wildman–Crippen LogP) is 4.63. The molecule has 0 bridgehead atoms. The van der Waals surface area contributed by atoms with Gasteiger partial charge >= 0.3 is 0 Å². The first-order valence-corrected chi connectivity index (χ1v) is 6.26. The molecule has 0 aliphatic carbocycles. The quantitative estimate of drug-likeness (QED) is 0.888. The van der Waals surface area contributed by atoms with Crippen LogP contribution < -0.4 is 4.74 Å². The molecule has 0 amide bonds. The molecular formula is C15H14ClFO2. The van der Waals surface area contributed by atoms with Gasteiger partial charge in [0.25, 0.3) is 0 Å². The summed E-state index contributed by atoms with van der Waals surface area (Å²) in [7, 11) is 0. The Kier molecular flexibility index (Phi) is 4.08. The van der Waals surface area contributed by atoms with Crippen molar-refractivity contribution in [1.29, 1.82) is 0 Å². The molecule has 19 heavy (non-hydrogen) atoms. The van der Waals surface area contributed by atoms with Gasteiger partial charge in [-0.1, -0.05) is 23.7 Å². The molecule has 0 heterocycles. The van der Waals surface area contributed by atoms with Gasteiger partial charge in [-0.3, -0.25) is 0 Å². The number of ether oxygens (including phenoxy) is 1. The van der Waals surface area contributed by atoms with Crippen molar-refractivity contribution in [2.24, 2.45) is 0 Å². The van der Waals surface area contributed by atoms with Crippen LogP contribution in [0.4, 0.5) is 4.39 Å².